The first-order valence-electron chi connectivity index (χ1n) is 6.27. The molecule has 18 heavy (non-hydrogen) atoms. The molecule has 2 nitrogen and oxygen atoms in total. The average Bonchev–Trinajstić information content (AvgIpc) is 3.05. The molecule has 0 saturated heterocycles. The van der Waals surface area contributed by atoms with Crippen LogP contribution in [0.25, 0.3) is 21.9 Å². The van der Waals surface area contributed by atoms with E-state index in [1.807, 2.05) is 12.1 Å². The molecular weight excluding hydrogens is 222 g/mol. The van der Waals surface area contributed by atoms with Gasteiger partial charge in [-0.1, -0.05) is 36.4 Å². The molecule has 0 amide bonds. The van der Waals surface area contributed by atoms with Crippen LogP contribution in [0.1, 0.15) is 6.42 Å². The zero-order valence-corrected chi connectivity index (χ0v) is 9.97. The van der Waals surface area contributed by atoms with Crippen LogP contribution in [0.5, 0.6) is 0 Å². The highest BCUT2D eigenvalue weighted by atomic mass is 16.3. The van der Waals surface area contributed by atoms with Gasteiger partial charge in [-0.2, -0.15) is 0 Å². The van der Waals surface area contributed by atoms with Gasteiger partial charge in [-0.3, -0.25) is 0 Å². The van der Waals surface area contributed by atoms with E-state index < -0.39 is 0 Å². The van der Waals surface area contributed by atoms with Crippen molar-refractivity contribution < 1.29 is 4.42 Å². The van der Waals surface area contributed by atoms with Crippen LogP contribution >= 0.6 is 0 Å². The van der Waals surface area contributed by atoms with Gasteiger partial charge in [0.15, 0.2) is 5.58 Å². The van der Waals surface area contributed by atoms with E-state index in [1.165, 1.54) is 10.8 Å². The average molecular weight is 235 g/mol. The van der Waals surface area contributed by atoms with E-state index in [4.69, 9.17) is 4.42 Å². The second-order valence-electron chi connectivity index (χ2n) is 4.62. The smallest absolute Gasteiger partial charge is 0.159 e. The lowest BCUT2D eigenvalue weighted by molar-refractivity contribution is 0.668. The minimum Gasteiger partial charge on any atom is -0.454 e. The van der Waals surface area contributed by atoms with Gasteiger partial charge in [0.25, 0.3) is 0 Å². The molecule has 0 saturated carbocycles. The number of para-hydroxylation sites is 2. The van der Waals surface area contributed by atoms with Crippen LogP contribution in [0.4, 0.5) is 5.69 Å². The summed E-state index contributed by atoms with van der Waals surface area (Å²) >= 11 is 0. The van der Waals surface area contributed by atoms with Gasteiger partial charge in [0.1, 0.15) is 5.58 Å². The summed E-state index contributed by atoms with van der Waals surface area (Å²) in [4.78, 5) is 2.25. The van der Waals surface area contributed by atoms with Gasteiger partial charge in [0.2, 0.25) is 0 Å². The molecular formula is C16H13NO. The molecule has 2 heteroatoms. The predicted octanol–water partition coefficient (Wildman–Crippen LogP) is 4.31. The van der Waals surface area contributed by atoms with E-state index in [9.17, 15) is 0 Å². The van der Waals surface area contributed by atoms with Crippen LogP contribution < -0.4 is 4.90 Å². The second kappa shape index (κ2) is 3.64. The molecule has 88 valence electrons. The Hall–Kier alpha value is -2.22. The zero-order valence-electron chi connectivity index (χ0n) is 9.97. The highest BCUT2D eigenvalue weighted by Gasteiger charge is 2.15. The molecule has 0 atom stereocenters. The van der Waals surface area contributed by atoms with E-state index in [1.54, 1.807) is 0 Å². The Bertz CT molecular complexity index is 754. The Morgan fingerprint density at radius 2 is 1.83 bits per heavy atom. The van der Waals surface area contributed by atoms with Crippen molar-refractivity contribution in [2.24, 2.45) is 0 Å². The van der Waals surface area contributed by atoms with E-state index in [2.05, 4.69) is 47.5 Å². The fraction of sp³-hybridized carbons (Fsp3) is 0.125. The third-order valence-corrected chi connectivity index (χ3v) is 3.51. The minimum absolute atomic E-state index is 0.961. The Morgan fingerprint density at radius 3 is 2.72 bits per heavy atom. The molecule has 3 aromatic rings. The highest BCUT2D eigenvalue weighted by Crippen LogP contribution is 2.35. The quantitative estimate of drug-likeness (QED) is 0.625. The lowest BCUT2D eigenvalue weighted by Gasteiger charge is -2.15. The van der Waals surface area contributed by atoms with Crippen LogP contribution in [0.15, 0.2) is 59.2 Å². The van der Waals surface area contributed by atoms with Crippen molar-refractivity contribution in [3.05, 3.63) is 54.7 Å². The lowest BCUT2D eigenvalue weighted by atomic mass is 10.1. The molecule has 0 fully saturated rings. The van der Waals surface area contributed by atoms with Crippen molar-refractivity contribution in [2.45, 2.75) is 6.42 Å². The SMILES string of the molecule is C1=CN(c2cccc3c2oc2ccccc23)CC1. The van der Waals surface area contributed by atoms with Crippen molar-refractivity contribution >= 4 is 27.6 Å². The predicted molar refractivity (Wildman–Crippen MR) is 74.8 cm³/mol. The lowest BCUT2D eigenvalue weighted by Crippen LogP contribution is -2.11. The van der Waals surface area contributed by atoms with E-state index in [0.717, 1.165) is 29.8 Å². The summed E-state index contributed by atoms with van der Waals surface area (Å²) in [5.41, 5.74) is 3.12. The maximum absolute atomic E-state index is 6.02. The first-order chi connectivity index (χ1) is 8.93. The number of hydrogen-bond acceptors (Lipinski definition) is 2. The van der Waals surface area contributed by atoms with Gasteiger partial charge < -0.3 is 9.32 Å². The first-order valence-corrected chi connectivity index (χ1v) is 6.27. The monoisotopic (exact) mass is 235 g/mol. The maximum Gasteiger partial charge on any atom is 0.159 e. The molecule has 0 N–H and O–H groups in total. The van der Waals surface area contributed by atoms with Gasteiger partial charge in [-0.05, 0) is 18.6 Å². The van der Waals surface area contributed by atoms with Crippen LogP contribution in [-0.4, -0.2) is 6.54 Å². The van der Waals surface area contributed by atoms with Crippen molar-refractivity contribution in [2.75, 3.05) is 11.4 Å². The minimum atomic E-state index is 0.961. The van der Waals surface area contributed by atoms with Crippen molar-refractivity contribution in [1.29, 1.82) is 0 Å². The molecule has 2 aromatic carbocycles. The van der Waals surface area contributed by atoms with Crippen molar-refractivity contribution in [1.82, 2.24) is 0 Å². The molecule has 1 aromatic heterocycles. The van der Waals surface area contributed by atoms with Gasteiger partial charge >= 0.3 is 0 Å². The number of nitrogens with zero attached hydrogens (tertiary/aromatic N) is 1. The van der Waals surface area contributed by atoms with Crippen LogP contribution in [-0.2, 0) is 0 Å². The Labute approximate surface area is 105 Å². The van der Waals surface area contributed by atoms with Crippen molar-refractivity contribution in [3.8, 4) is 0 Å². The fourth-order valence-electron chi connectivity index (χ4n) is 2.65. The van der Waals surface area contributed by atoms with Gasteiger partial charge in [-0.25, -0.2) is 0 Å². The Balaban J connectivity index is 2.06. The topological polar surface area (TPSA) is 16.4 Å². The summed E-state index contributed by atoms with van der Waals surface area (Å²) in [6, 6.07) is 14.6. The summed E-state index contributed by atoms with van der Waals surface area (Å²) in [5.74, 6) is 0. The molecule has 1 aliphatic rings. The third-order valence-electron chi connectivity index (χ3n) is 3.51. The van der Waals surface area contributed by atoms with Gasteiger partial charge in [-0.15, -0.1) is 0 Å². The summed E-state index contributed by atoms with van der Waals surface area (Å²) < 4.78 is 6.02. The molecule has 0 radical (unpaired) electrons. The molecule has 4 rings (SSSR count). The number of anilines is 1. The number of furan rings is 1. The molecule has 2 heterocycles. The van der Waals surface area contributed by atoms with Gasteiger partial charge in [0, 0.05) is 23.5 Å². The Kier molecular flexibility index (Phi) is 1.97. The summed E-state index contributed by atoms with van der Waals surface area (Å²) in [7, 11) is 0. The van der Waals surface area contributed by atoms with E-state index in [-0.39, 0.29) is 0 Å². The van der Waals surface area contributed by atoms with E-state index >= 15 is 0 Å². The standard InChI is InChI=1S/C16H13NO/c1-2-9-15-12(6-1)13-7-5-8-14(16(13)18-15)17-10-3-4-11-17/h1-3,5-10H,4,11H2. The van der Waals surface area contributed by atoms with Gasteiger partial charge in [0.05, 0.1) is 5.69 Å². The second-order valence-corrected chi connectivity index (χ2v) is 4.62. The van der Waals surface area contributed by atoms with Crippen LogP contribution in [0.2, 0.25) is 0 Å². The van der Waals surface area contributed by atoms with Crippen LogP contribution in [0, 0.1) is 0 Å². The molecule has 0 aliphatic carbocycles. The molecule has 0 unspecified atom stereocenters. The molecule has 1 aliphatic heterocycles. The van der Waals surface area contributed by atoms with Crippen LogP contribution in [0.3, 0.4) is 0 Å². The highest BCUT2D eigenvalue weighted by molar-refractivity contribution is 6.09. The molecule has 0 bridgehead atoms. The summed E-state index contributed by atoms with van der Waals surface area (Å²) in [6.45, 7) is 1.04. The first kappa shape index (κ1) is 9.77. The summed E-state index contributed by atoms with van der Waals surface area (Å²) in [5, 5.41) is 2.39. The number of benzene rings is 2. The van der Waals surface area contributed by atoms with Crippen molar-refractivity contribution in [3.63, 3.8) is 0 Å². The number of fused-ring (bicyclic) bond motifs is 3. The number of rotatable bonds is 1. The largest absolute Gasteiger partial charge is 0.454 e. The Morgan fingerprint density at radius 1 is 0.944 bits per heavy atom. The molecule has 0 spiro atoms. The van der Waals surface area contributed by atoms with E-state index in [0.29, 0.717) is 0 Å². The normalized spacial score (nSPS) is 15.0. The number of hydrogen-bond donors (Lipinski definition) is 0. The maximum atomic E-state index is 6.02. The zero-order chi connectivity index (χ0) is 11.9. The summed E-state index contributed by atoms with van der Waals surface area (Å²) in [6.07, 6.45) is 5.44. The third kappa shape index (κ3) is 1.29. The fourth-order valence-corrected chi connectivity index (χ4v) is 2.65.